The molecule has 2 heterocycles. The van der Waals surface area contributed by atoms with E-state index in [0.717, 1.165) is 42.9 Å². The summed E-state index contributed by atoms with van der Waals surface area (Å²) in [7, 11) is 2.00. The average Bonchev–Trinajstić information content (AvgIpc) is 2.58. The maximum Gasteiger partial charge on any atom is 0.0492 e. The summed E-state index contributed by atoms with van der Waals surface area (Å²) in [5.74, 6) is 0.623. The molecule has 1 saturated heterocycles. The van der Waals surface area contributed by atoms with Crippen LogP contribution in [0.25, 0.3) is 0 Å². The predicted octanol–water partition coefficient (Wildman–Crippen LogP) is 2.06. The van der Waals surface area contributed by atoms with Crippen LogP contribution in [0, 0.1) is 11.3 Å². The van der Waals surface area contributed by atoms with E-state index in [1.807, 2.05) is 13.1 Å². The number of rotatable bonds is 6. The maximum atomic E-state index is 7.64. The summed E-state index contributed by atoms with van der Waals surface area (Å²) in [6, 6.07) is 0. The molecule has 0 bridgehead atoms. The Morgan fingerprint density at radius 1 is 1.62 bits per heavy atom. The fourth-order valence-electron chi connectivity index (χ4n) is 3.15. The van der Waals surface area contributed by atoms with Crippen molar-refractivity contribution in [3.63, 3.8) is 0 Å². The first-order valence-corrected chi connectivity index (χ1v) is 8.16. The van der Waals surface area contributed by atoms with Crippen molar-refractivity contribution in [1.29, 1.82) is 5.41 Å². The SMILES string of the molecule is C=N/C=C(C=N)/C1=C/N/N=C\C=C(\N2CCCC(CNC)C2)C1=C. The highest BCUT2D eigenvalue weighted by molar-refractivity contribution is 5.86. The van der Waals surface area contributed by atoms with Crippen LogP contribution in [0.2, 0.25) is 0 Å². The minimum Gasteiger partial charge on any atom is -0.371 e. The number of hydrazone groups is 1. The largest absolute Gasteiger partial charge is 0.371 e. The van der Waals surface area contributed by atoms with Crippen LogP contribution in [0.15, 0.2) is 57.6 Å². The van der Waals surface area contributed by atoms with Gasteiger partial charge in [-0.15, -0.1) is 0 Å². The minimum atomic E-state index is 0.623. The van der Waals surface area contributed by atoms with E-state index in [2.05, 4.69) is 39.0 Å². The molecule has 0 aliphatic carbocycles. The summed E-state index contributed by atoms with van der Waals surface area (Å²) < 4.78 is 0. The van der Waals surface area contributed by atoms with Crippen LogP contribution < -0.4 is 10.7 Å². The van der Waals surface area contributed by atoms with Gasteiger partial charge >= 0.3 is 0 Å². The van der Waals surface area contributed by atoms with Crippen LogP contribution >= 0.6 is 0 Å². The first-order chi connectivity index (χ1) is 11.7. The predicted molar refractivity (Wildman–Crippen MR) is 102 cm³/mol. The number of nitrogens with zero attached hydrogens (tertiary/aromatic N) is 3. The zero-order chi connectivity index (χ0) is 17.4. The number of aliphatic imine (C=N–C) groups is 1. The summed E-state index contributed by atoms with van der Waals surface area (Å²) in [6.07, 6.45) is 10.7. The topological polar surface area (TPSA) is 75.9 Å². The molecule has 0 spiro atoms. The quantitative estimate of drug-likeness (QED) is 0.654. The Balaban J connectivity index is 2.29. The van der Waals surface area contributed by atoms with E-state index in [-0.39, 0.29) is 0 Å². The molecule has 1 unspecified atom stereocenters. The van der Waals surface area contributed by atoms with Gasteiger partial charge in [-0.2, -0.15) is 5.10 Å². The molecule has 3 N–H and O–H groups in total. The lowest BCUT2D eigenvalue weighted by Gasteiger charge is -2.37. The molecule has 6 heteroatoms. The van der Waals surface area contributed by atoms with Gasteiger partial charge < -0.3 is 15.6 Å². The van der Waals surface area contributed by atoms with E-state index in [1.165, 1.54) is 12.6 Å². The van der Waals surface area contributed by atoms with E-state index in [0.29, 0.717) is 11.5 Å². The third-order valence-electron chi connectivity index (χ3n) is 4.27. The summed E-state index contributed by atoms with van der Waals surface area (Å²) in [4.78, 5) is 6.15. The molecule has 2 rings (SSSR count). The molecule has 0 amide bonds. The second kappa shape index (κ2) is 8.98. The van der Waals surface area contributed by atoms with Gasteiger partial charge in [0.1, 0.15) is 0 Å². The van der Waals surface area contributed by atoms with E-state index in [4.69, 9.17) is 5.41 Å². The molecule has 0 saturated carbocycles. The van der Waals surface area contributed by atoms with Crippen LogP contribution in [0.3, 0.4) is 0 Å². The van der Waals surface area contributed by atoms with Crippen molar-refractivity contribution >= 4 is 19.1 Å². The van der Waals surface area contributed by atoms with Crippen molar-refractivity contribution < 1.29 is 0 Å². The Morgan fingerprint density at radius 2 is 2.46 bits per heavy atom. The normalized spacial score (nSPS) is 27.7. The zero-order valence-corrected chi connectivity index (χ0v) is 14.3. The Labute approximate surface area is 143 Å². The summed E-state index contributed by atoms with van der Waals surface area (Å²) in [6.45, 7) is 10.8. The molecule has 0 radical (unpaired) electrons. The molecule has 24 heavy (non-hydrogen) atoms. The lowest BCUT2D eigenvalue weighted by atomic mass is 9.93. The van der Waals surface area contributed by atoms with E-state index in [9.17, 15) is 0 Å². The van der Waals surface area contributed by atoms with Crippen LogP contribution in [0.1, 0.15) is 12.8 Å². The van der Waals surface area contributed by atoms with Crippen molar-refractivity contribution in [3.8, 4) is 0 Å². The van der Waals surface area contributed by atoms with Gasteiger partial charge in [-0.1, -0.05) is 6.58 Å². The first-order valence-electron chi connectivity index (χ1n) is 8.16. The lowest BCUT2D eigenvalue weighted by molar-refractivity contribution is 0.219. The van der Waals surface area contributed by atoms with Gasteiger partial charge in [-0.25, -0.2) is 0 Å². The summed E-state index contributed by atoms with van der Waals surface area (Å²) >= 11 is 0. The van der Waals surface area contributed by atoms with Gasteiger partial charge in [0, 0.05) is 60.3 Å². The number of hydrogen-bond donors (Lipinski definition) is 3. The molecule has 0 aromatic heterocycles. The number of piperidine rings is 1. The first kappa shape index (κ1) is 17.9. The van der Waals surface area contributed by atoms with Crippen molar-refractivity contribution in [2.24, 2.45) is 16.0 Å². The van der Waals surface area contributed by atoms with E-state index >= 15 is 0 Å². The Morgan fingerprint density at radius 3 is 3.17 bits per heavy atom. The van der Waals surface area contributed by atoms with Crippen LogP contribution in [-0.4, -0.2) is 50.7 Å². The lowest BCUT2D eigenvalue weighted by Crippen LogP contribution is -2.39. The smallest absolute Gasteiger partial charge is 0.0492 e. The van der Waals surface area contributed by atoms with Gasteiger partial charge in [0.05, 0.1) is 0 Å². The molecule has 1 atom stereocenters. The number of nitrogens with one attached hydrogen (secondary N) is 3. The highest BCUT2D eigenvalue weighted by Crippen LogP contribution is 2.29. The Kier molecular flexibility index (Phi) is 6.69. The van der Waals surface area contributed by atoms with Crippen LogP contribution in [0.4, 0.5) is 0 Å². The van der Waals surface area contributed by atoms with E-state index in [1.54, 1.807) is 18.6 Å². The van der Waals surface area contributed by atoms with Crippen molar-refractivity contribution in [2.45, 2.75) is 12.8 Å². The summed E-state index contributed by atoms with van der Waals surface area (Å²) in [5, 5.41) is 15.1. The Hall–Kier alpha value is -2.47. The molecule has 2 aliphatic rings. The fourth-order valence-corrected chi connectivity index (χ4v) is 3.15. The number of allylic oxidation sites excluding steroid dienone is 3. The summed E-state index contributed by atoms with van der Waals surface area (Å²) in [5.41, 5.74) is 6.21. The molecular weight excluding hydrogens is 300 g/mol. The highest BCUT2D eigenvalue weighted by Gasteiger charge is 2.24. The number of hydrogen-bond acceptors (Lipinski definition) is 6. The van der Waals surface area contributed by atoms with Gasteiger partial charge in [-0.3, -0.25) is 10.4 Å². The third-order valence-corrected chi connectivity index (χ3v) is 4.27. The second-order valence-corrected chi connectivity index (χ2v) is 5.92. The zero-order valence-electron chi connectivity index (χ0n) is 14.3. The van der Waals surface area contributed by atoms with Gasteiger partial charge in [0.15, 0.2) is 0 Å². The highest BCUT2D eigenvalue weighted by atomic mass is 15.3. The van der Waals surface area contributed by atoms with Crippen LogP contribution in [-0.2, 0) is 0 Å². The van der Waals surface area contributed by atoms with Crippen molar-refractivity contribution in [1.82, 2.24) is 15.6 Å². The van der Waals surface area contributed by atoms with Crippen molar-refractivity contribution in [2.75, 3.05) is 26.7 Å². The average molecular weight is 326 g/mol. The molecule has 0 aromatic rings. The molecule has 128 valence electrons. The standard InChI is InChI=1S/C18H26N6/c1-14-17(16(9-19)11-21-3)12-23-22-7-6-18(14)24-8-4-5-15(13-24)10-20-2/h6-7,9,11-12,15,19-20,23H,1,3-5,8,10,13H2,2H3/b16-11+,17-12+,18-6+,19-9?,22-7-. The molecule has 0 aromatic carbocycles. The van der Waals surface area contributed by atoms with Gasteiger partial charge in [0.25, 0.3) is 0 Å². The maximum absolute atomic E-state index is 7.64. The third kappa shape index (κ3) is 4.29. The molecule has 6 nitrogen and oxygen atoms in total. The molecule has 2 aliphatic heterocycles. The van der Waals surface area contributed by atoms with Crippen LogP contribution in [0.5, 0.6) is 0 Å². The van der Waals surface area contributed by atoms with E-state index < -0.39 is 0 Å². The minimum absolute atomic E-state index is 0.623. The van der Waals surface area contributed by atoms with Crippen molar-refractivity contribution in [3.05, 3.63) is 47.5 Å². The number of likely N-dealkylation sites (tertiary alicyclic amines) is 1. The molecule has 1 fully saturated rings. The monoisotopic (exact) mass is 326 g/mol. The second-order valence-electron chi connectivity index (χ2n) is 5.92. The van der Waals surface area contributed by atoms with Gasteiger partial charge in [0.2, 0.25) is 0 Å². The molecular formula is C18H26N6. The fraction of sp³-hybridized carbons (Fsp3) is 0.389. The Bertz CT molecular complexity index is 609. The van der Waals surface area contributed by atoms with Gasteiger partial charge in [-0.05, 0) is 45.1 Å².